The van der Waals surface area contributed by atoms with Crippen LogP contribution in [0.25, 0.3) is 0 Å². The molecule has 0 saturated heterocycles. The normalized spacial score (nSPS) is 18.8. The molecule has 1 aliphatic carbocycles. The summed E-state index contributed by atoms with van der Waals surface area (Å²) in [6.45, 7) is 2.00. The lowest BCUT2D eigenvalue weighted by Crippen LogP contribution is -2.21. The van der Waals surface area contributed by atoms with Gasteiger partial charge in [0.1, 0.15) is 12.1 Å². The Balaban J connectivity index is 1.91. The van der Waals surface area contributed by atoms with Gasteiger partial charge in [-0.2, -0.15) is 0 Å². The zero-order valence-electron chi connectivity index (χ0n) is 10.1. The van der Waals surface area contributed by atoms with Crippen molar-refractivity contribution in [1.82, 2.24) is 9.97 Å². The molecular weight excluding hydrogens is 198 g/mol. The molecular formula is C13H21N3. The van der Waals surface area contributed by atoms with Crippen LogP contribution in [-0.2, 0) is 0 Å². The molecule has 0 aliphatic heterocycles. The predicted molar refractivity (Wildman–Crippen MR) is 66.5 cm³/mol. The van der Waals surface area contributed by atoms with Gasteiger partial charge in [-0.25, -0.2) is 9.97 Å². The first kappa shape index (κ1) is 11.4. The summed E-state index contributed by atoms with van der Waals surface area (Å²) < 4.78 is 0. The van der Waals surface area contributed by atoms with E-state index in [1.54, 1.807) is 6.33 Å². The maximum atomic E-state index is 4.27. The average molecular weight is 219 g/mol. The molecule has 1 N–H and O–H groups in total. The van der Waals surface area contributed by atoms with Gasteiger partial charge in [-0.05, 0) is 19.8 Å². The average Bonchev–Trinajstić information content (AvgIpc) is 2.22. The zero-order chi connectivity index (χ0) is 11.2. The highest BCUT2D eigenvalue weighted by molar-refractivity contribution is 5.35. The van der Waals surface area contributed by atoms with Crippen LogP contribution in [0.5, 0.6) is 0 Å². The van der Waals surface area contributed by atoms with Crippen LogP contribution in [0.2, 0.25) is 0 Å². The predicted octanol–water partition coefficient (Wildman–Crippen LogP) is 3.31. The molecule has 1 fully saturated rings. The van der Waals surface area contributed by atoms with Crippen molar-refractivity contribution in [2.45, 2.75) is 57.9 Å². The smallest absolute Gasteiger partial charge is 0.129 e. The third kappa shape index (κ3) is 3.47. The summed E-state index contributed by atoms with van der Waals surface area (Å²) in [5.74, 6) is 0.984. The molecule has 1 aromatic heterocycles. The second kappa shape index (κ2) is 5.83. The van der Waals surface area contributed by atoms with Gasteiger partial charge in [0, 0.05) is 17.8 Å². The fraction of sp³-hybridized carbons (Fsp3) is 0.692. The van der Waals surface area contributed by atoms with Crippen molar-refractivity contribution in [3.8, 4) is 0 Å². The van der Waals surface area contributed by atoms with E-state index in [4.69, 9.17) is 0 Å². The topological polar surface area (TPSA) is 37.8 Å². The molecule has 1 aliphatic rings. The largest absolute Gasteiger partial charge is 0.367 e. The number of rotatable bonds is 2. The van der Waals surface area contributed by atoms with Crippen molar-refractivity contribution >= 4 is 5.82 Å². The zero-order valence-corrected chi connectivity index (χ0v) is 10.1. The Morgan fingerprint density at radius 2 is 1.75 bits per heavy atom. The number of nitrogens with one attached hydrogen (secondary N) is 1. The van der Waals surface area contributed by atoms with Gasteiger partial charge in [-0.1, -0.05) is 32.1 Å². The molecule has 0 spiro atoms. The number of anilines is 1. The highest BCUT2D eigenvalue weighted by Gasteiger charge is 2.11. The summed E-state index contributed by atoms with van der Waals surface area (Å²) in [4.78, 5) is 8.38. The van der Waals surface area contributed by atoms with Crippen molar-refractivity contribution in [2.24, 2.45) is 0 Å². The SMILES string of the molecule is Cc1cc(NC2CCCCCCC2)ncn1. The molecule has 3 nitrogen and oxygen atoms in total. The second-order valence-electron chi connectivity index (χ2n) is 4.73. The Hall–Kier alpha value is -1.12. The minimum atomic E-state index is 0.606. The van der Waals surface area contributed by atoms with Gasteiger partial charge in [-0.3, -0.25) is 0 Å². The molecule has 0 unspecified atom stereocenters. The molecule has 1 saturated carbocycles. The molecule has 88 valence electrons. The van der Waals surface area contributed by atoms with Crippen molar-refractivity contribution < 1.29 is 0 Å². The molecule has 1 heterocycles. The van der Waals surface area contributed by atoms with Crippen molar-refractivity contribution in [3.05, 3.63) is 18.1 Å². The summed E-state index contributed by atoms with van der Waals surface area (Å²) in [7, 11) is 0. The minimum Gasteiger partial charge on any atom is -0.367 e. The lowest BCUT2D eigenvalue weighted by Gasteiger charge is -2.21. The molecule has 2 rings (SSSR count). The third-order valence-electron chi connectivity index (χ3n) is 3.26. The number of aromatic nitrogens is 2. The van der Waals surface area contributed by atoms with E-state index in [1.807, 2.05) is 13.0 Å². The summed E-state index contributed by atoms with van der Waals surface area (Å²) in [5, 5.41) is 3.54. The minimum absolute atomic E-state index is 0.606. The summed E-state index contributed by atoms with van der Waals surface area (Å²) in [6, 6.07) is 2.63. The first-order valence-corrected chi connectivity index (χ1v) is 6.40. The Morgan fingerprint density at radius 3 is 2.44 bits per heavy atom. The molecule has 16 heavy (non-hydrogen) atoms. The summed E-state index contributed by atoms with van der Waals surface area (Å²) in [6.07, 6.45) is 11.1. The van der Waals surface area contributed by atoms with E-state index >= 15 is 0 Å². The molecule has 0 radical (unpaired) electrons. The van der Waals surface area contributed by atoms with Gasteiger partial charge in [0.25, 0.3) is 0 Å². The highest BCUT2D eigenvalue weighted by Crippen LogP contribution is 2.19. The fourth-order valence-corrected chi connectivity index (χ4v) is 2.34. The number of nitrogens with zero attached hydrogens (tertiary/aromatic N) is 2. The Labute approximate surface area is 97.7 Å². The highest BCUT2D eigenvalue weighted by atomic mass is 15.0. The standard InChI is InChI=1S/C13H21N3/c1-11-9-13(15-10-14-11)16-12-7-5-3-2-4-6-8-12/h9-10,12H,2-8H2,1H3,(H,14,15,16). The fourth-order valence-electron chi connectivity index (χ4n) is 2.34. The number of aryl methyl sites for hydroxylation is 1. The van der Waals surface area contributed by atoms with Crippen molar-refractivity contribution in [1.29, 1.82) is 0 Å². The van der Waals surface area contributed by atoms with E-state index in [1.165, 1.54) is 44.9 Å². The molecule has 0 bridgehead atoms. The molecule has 1 aromatic rings. The van der Waals surface area contributed by atoms with Gasteiger partial charge >= 0.3 is 0 Å². The van der Waals surface area contributed by atoms with Crippen LogP contribution in [0.15, 0.2) is 12.4 Å². The first-order valence-electron chi connectivity index (χ1n) is 6.40. The van der Waals surface area contributed by atoms with Gasteiger partial charge in [0.05, 0.1) is 0 Å². The third-order valence-corrected chi connectivity index (χ3v) is 3.26. The maximum Gasteiger partial charge on any atom is 0.129 e. The Kier molecular flexibility index (Phi) is 4.14. The number of hydrogen-bond donors (Lipinski definition) is 1. The first-order chi connectivity index (χ1) is 7.84. The van der Waals surface area contributed by atoms with Gasteiger partial charge < -0.3 is 5.32 Å². The van der Waals surface area contributed by atoms with Gasteiger partial charge in [-0.15, -0.1) is 0 Å². The van der Waals surface area contributed by atoms with Crippen molar-refractivity contribution in [3.63, 3.8) is 0 Å². The Bertz CT molecular complexity index is 317. The van der Waals surface area contributed by atoms with Crippen LogP contribution < -0.4 is 5.32 Å². The van der Waals surface area contributed by atoms with Crippen LogP contribution in [0, 0.1) is 6.92 Å². The lowest BCUT2D eigenvalue weighted by molar-refractivity contribution is 0.470. The second-order valence-corrected chi connectivity index (χ2v) is 4.73. The molecule has 3 heteroatoms. The van der Waals surface area contributed by atoms with Crippen LogP contribution in [0.3, 0.4) is 0 Å². The van der Waals surface area contributed by atoms with E-state index in [-0.39, 0.29) is 0 Å². The van der Waals surface area contributed by atoms with Gasteiger partial charge in [0.2, 0.25) is 0 Å². The van der Waals surface area contributed by atoms with E-state index in [9.17, 15) is 0 Å². The maximum absolute atomic E-state index is 4.27. The van der Waals surface area contributed by atoms with Crippen LogP contribution in [0.1, 0.15) is 50.6 Å². The van der Waals surface area contributed by atoms with Gasteiger partial charge in [0.15, 0.2) is 0 Å². The summed E-state index contributed by atoms with van der Waals surface area (Å²) in [5.41, 5.74) is 1.03. The van der Waals surface area contributed by atoms with E-state index < -0.39 is 0 Å². The van der Waals surface area contributed by atoms with E-state index in [2.05, 4.69) is 15.3 Å². The molecule has 0 aromatic carbocycles. The monoisotopic (exact) mass is 219 g/mol. The van der Waals surface area contributed by atoms with Crippen LogP contribution >= 0.6 is 0 Å². The van der Waals surface area contributed by atoms with Crippen LogP contribution in [0.4, 0.5) is 5.82 Å². The van der Waals surface area contributed by atoms with E-state index in [0.29, 0.717) is 6.04 Å². The lowest BCUT2D eigenvalue weighted by atomic mass is 9.97. The summed E-state index contributed by atoms with van der Waals surface area (Å²) >= 11 is 0. The quantitative estimate of drug-likeness (QED) is 0.829. The van der Waals surface area contributed by atoms with E-state index in [0.717, 1.165) is 11.5 Å². The van der Waals surface area contributed by atoms with Crippen LogP contribution in [-0.4, -0.2) is 16.0 Å². The number of hydrogen-bond acceptors (Lipinski definition) is 3. The molecule has 0 amide bonds. The Morgan fingerprint density at radius 1 is 1.06 bits per heavy atom. The molecule has 0 atom stereocenters. The van der Waals surface area contributed by atoms with Crippen molar-refractivity contribution in [2.75, 3.05) is 5.32 Å².